The van der Waals surface area contributed by atoms with E-state index >= 15 is 0 Å². The highest BCUT2D eigenvalue weighted by Gasteiger charge is 2.48. The van der Waals surface area contributed by atoms with Gasteiger partial charge in [0.15, 0.2) is 6.10 Å². The third kappa shape index (κ3) is 2.99. The number of aromatic amines is 1. The summed E-state index contributed by atoms with van der Waals surface area (Å²) in [5, 5.41) is 39.6. The van der Waals surface area contributed by atoms with Crippen LogP contribution in [0, 0.1) is 0 Å². The predicted octanol–water partition coefficient (Wildman–Crippen LogP) is 0.855. The number of carbonyl (C=O) groups is 1. The summed E-state index contributed by atoms with van der Waals surface area (Å²) in [4.78, 5) is 14.0. The Bertz CT molecular complexity index is 782. The second kappa shape index (κ2) is 6.51. The molecule has 130 valence electrons. The molecule has 8 nitrogen and oxygen atoms in total. The number of hydrogen-bond donors (Lipinski definition) is 5. The molecule has 24 heavy (non-hydrogen) atoms. The third-order valence-electron chi connectivity index (χ3n) is 3.74. The van der Waals surface area contributed by atoms with Crippen LogP contribution in [0.5, 0.6) is 5.75 Å². The first-order valence-electron chi connectivity index (χ1n) is 6.85. The molecule has 5 atom stereocenters. The van der Waals surface area contributed by atoms with E-state index in [9.17, 15) is 20.1 Å². The topological polar surface area (TPSA) is 132 Å². The van der Waals surface area contributed by atoms with Crippen LogP contribution in [0.2, 0.25) is 5.02 Å². The van der Waals surface area contributed by atoms with E-state index in [1.807, 2.05) is 0 Å². The maximum atomic E-state index is 11.1. The molecule has 5 N–H and O–H groups in total. The molecule has 0 unspecified atom stereocenters. The number of carboxylic acids is 1. The molecule has 1 saturated heterocycles. The zero-order chi connectivity index (χ0) is 17.6. The first-order chi connectivity index (χ1) is 11.3. The van der Waals surface area contributed by atoms with E-state index in [1.165, 1.54) is 6.20 Å². The number of halogens is 2. The molecule has 2 aromatic rings. The Morgan fingerprint density at radius 3 is 2.62 bits per heavy atom. The van der Waals surface area contributed by atoms with Crippen LogP contribution in [0.1, 0.15) is 0 Å². The molecular weight excluding hydrogens is 410 g/mol. The van der Waals surface area contributed by atoms with E-state index in [2.05, 4.69) is 20.9 Å². The summed E-state index contributed by atoms with van der Waals surface area (Å²) < 4.78 is 11.2. The summed E-state index contributed by atoms with van der Waals surface area (Å²) in [5.41, 5.74) is 0.652. The first-order valence-corrected chi connectivity index (χ1v) is 8.02. The average Bonchev–Trinajstić information content (AvgIpc) is 2.90. The van der Waals surface area contributed by atoms with Gasteiger partial charge in [-0.2, -0.15) is 0 Å². The van der Waals surface area contributed by atoms with Crippen molar-refractivity contribution >= 4 is 44.4 Å². The largest absolute Gasteiger partial charge is 0.479 e. The lowest BCUT2D eigenvalue weighted by molar-refractivity contribution is -0.270. The number of aliphatic carboxylic acids is 1. The van der Waals surface area contributed by atoms with Crippen molar-refractivity contribution in [1.82, 2.24) is 4.98 Å². The van der Waals surface area contributed by atoms with Crippen LogP contribution < -0.4 is 4.74 Å². The number of carboxylic acid groups (broad SMARTS) is 1. The Labute approximate surface area is 148 Å². The number of ether oxygens (including phenoxy) is 2. The van der Waals surface area contributed by atoms with E-state index in [0.717, 1.165) is 0 Å². The summed E-state index contributed by atoms with van der Waals surface area (Å²) in [7, 11) is 0. The van der Waals surface area contributed by atoms with E-state index < -0.39 is 36.7 Å². The molecule has 0 aliphatic carbocycles. The van der Waals surface area contributed by atoms with Crippen molar-refractivity contribution in [1.29, 1.82) is 0 Å². The lowest BCUT2D eigenvalue weighted by Gasteiger charge is -2.38. The van der Waals surface area contributed by atoms with Crippen molar-refractivity contribution in [2.45, 2.75) is 30.7 Å². The Morgan fingerprint density at radius 2 is 1.96 bits per heavy atom. The van der Waals surface area contributed by atoms with Crippen molar-refractivity contribution < 1.29 is 34.7 Å². The molecule has 3 rings (SSSR count). The number of benzene rings is 1. The zero-order valence-electron chi connectivity index (χ0n) is 11.9. The number of aliphatic hydroxyl groups excluding tert-OH is 3. The minimum Gasteiger partial charge on any atom is -0.479 e. The summed E-state index contributed by atoms with van der Waals surface area (Å²) in [6.07, 6.45) is -6.84. The molecule has 0 radical (unpaired) electrons. The van der Waals surface area contributed by atoms with Crippen molar-refractivity contribution in [2.24, 2.45) is 0 Å². The SMILES string of the molecule is O=C(O)[C@@H]1O[C@@H](Oc2c[nH]c3cc(Cl)c(Br)cc23)[C@H](O)[C@H](O)[C@@H]1O. The standard InChI is InChI=1S/C14H13BrClNO7/c15-5-1-4-7(2-6(5)16)17-3-8(4)23-14-11(20)9(18)10(19)12(24-14)13(21)22/h1-3,9-12,14,17-20H,(H,21,22)/t9-,10+,11-,12-,14-/m1/s1. The fraction of sp³-hybridized carbons (Fsp3) is 0.357. The van der Waals surface area contributed by atoms with Crippen LogP contribution in [-0.2, 0) is 9.53 Å². The fourth-order valence-electron chi connectivity index (χ4n) is 2.46. The van der Waals surface area contributed by atoms with Crippen LogP contribution in [0.15, 0.2) is 22.8 Å². The van der Waals surface area contributed by atoms with Gasteiger partial charge in [-0.1, -0.05) is 11.6 Å². The third-order valence-corrected chi connectivity index (χ3v) is 4.94. The Hall–Kier alpha value is -1.36. The number of aromatic nitrogens is 1. The molecule has 1 aromatic carbocycles. The minimum atomic E-state index is -1.77. The van der Waals surface area contributed by atoms with Crippen molar-refractivity contribution in [3.63, 3.8) is 0 Å². The van der Waals surface area contributed by atoms with Gasteiger partial charge < -0.3 is 34.9 Å². The van der Waals surface area contributed by atoms with Gasteiger partial charge in [0.05, 0.1) is 10.5 Å². The maximum absolute atomic E-state index is 11.1. The summed E-state index contributed by atoms with van der Waals surface area (Å²) in [5.74, 6) is -1.21. The molecular formula is C14H13BrClNO7. The van der Waals surface area contributed by atoms with E-state index in [-0.39, 0.29) is 5.75 Å². The highest BCUT2D eigenvalue weighted by Crippen LogP contribution is 2.34. The van der Waals surface area contributed by atoms with E-state index in [1.54, 1.807) is 12.1 Å². The Balaban J connectivity index is 1.90. The molecule has 0 spiro atoms. The molecule has 1 aliphatic rings. The van der Waals surface area contributed by atoms with Gasteiger partial charge in [-0.15, -0.1) is 0 Å². The Morgan fingerprint density at radius 1 is 1.25 bits per heavy atom. The maximum Gasteiger partial charge on any atom is 0.335 e. The van der Waals surface area contributed by atoms with Gasteiger partial charge in [0.2, 0.25) is 6.29 Å². The molecule has 0 bridgehead atoms. The molecule has 1 fully saturated rings. The number of H-pyrrole nitrogens is 1. The van der Waals surface area contributed by atoms with Crippen LogP contribution in [0.3, 0.4) is 0 Å². The smallest absolute Gasteiger partial charge is 0.335 e. The number of aliphatic hydroxyl groups is 3. The van der Waals surface area contributed by atoms with Gasteiger partial charge in [-0.05, 0) is 28.1 Å². The van der Waals surface area contributed by atoms with Crippen molar-refractivity contribution in [2.75, 3.05) is 0 Å². The lowest BCUT2D eigenvalue weighted by atomic mass is 9.99. The van der Waals surface area contributed by atoms with Gasteiger partial charge in [-0.3, -0.25) is 0 Å². The highest BCUT2D eigenvalue weighted by atomic mass is 79.9. The average molecular weight is 423 g/mol. The second-order valence-electron chi connectivity index (χ2n) is 5.32. The quantitative estimate of drug-likeness (QED) is 0.495. The van der Waals surface area contributed by atoms with E-state index in [0.29, 0.717) is 20.4 Å². The monoisotopic (exact) mass is 421 g/mol. The molecule has 1 aromatic heterocycles. The number of fused-ring (bicyclic) bond motifs is 1. The molecule has 1 aliphatic heterocycles. The van der Waals surface area contributed by atoms with Gasteiger partial charge in [0, 0.05) is 16.1 Å². The predicted molar refractivity (Wildman–Crippen MR) is 86.0 cm³/mol. The van der Waals surface area contributed by atoms with Gasteiger partial charge >= 0.3 is 5.97 Å². The lowest BCUT2D eigenvalue weighted by Crippen LogP contribution is -2.61. The van der Waals surface area contributed by atoms with E-state index in [4.69, 9.17) is 26.2 Å². The summed E-state index contributed by atoms with van der Waals surface area (Å²) in [6, 6.07) is 3.34. The number of rotatable bonds is 3. The highest BCUT2D eigenvalue weighted by molar-refractivity contribution is 9.10. The van der Waals surface area contributed by atoms with Crippen LogP contribution in [0.4, 0.5) is 0 Å². The molecule has 2 heterocycles. The summed E-state index contributed by atoms with van der Waals surface area (Å²) >= 11 is 9.29. The second-order valence-corrected chi connectivity index (χ2v) is 6.58. The normalized spacial score (nSPS) is 30.5. The fourth-order valence-corrected chi connectivity index (χ4v) is 2.97. The molecule has 0 amide bonds. The number of nitrogens with one attached hydrogen (secondary N) is 1. The first kappa shape index (κ1) is 17.5. The molecule has 0 saturated carbocycles. The van der Waals surface area contributed by atoms with Crippen molar-refractivity contribution in [3.05, 3.63) is 27.8 Å². The van der Waals surface area contributed by atoms with Gasteiger partial charge in [0.1, 0.15) is 24.1 Å². The zero-order valence-corrected chi connectivity index (χ0v) is 14.2. The van der Waals surface area contributed by atoms with Gasteiger partial charge in [-0.25, -0.2) is 4.79 Å². The van der Waals surface area contributed by atoms with Gasteiger partial charge in [0.25, 0.3) is 0 Å². The minimum absolute atomic E-state index is 0.263. The van der Waals surface area contributed by atoms with Crippen LogP contribution >= 0.6 is 27.5 Å². The van der Waals surface area contributed by atoms with Crippen LogP contribution in [0.25, 0.3) is 10.9 Å². The van der Waals surface area contributed by atoms with Crippen molar-refractivity contribution in [3.8, 4) is 5.75 Å². The summed E-state index contributed by atoms with van der Waals surface area (Å²) in [6.45, 7) is 0. The Kier molecular flexibility index (Phi) is 4.73. The van der Waals surface area contributed by atoms with Crippen LogP contribution in [-0.4, -0.2) is 62.1 Å². The number of hydrogen-bond acceptors (Lipinski definition) is 6. The molecule has 10 heteroatoms.